The van der Waals surface area contributed by atoms with Gasteiger partial charge in [-0.1, -0.05) is 17.2 Å². The standard InChI is InChI=1S/C10H11N3O3/c1-7(14)6-16-10(15)8-2-4-9(5-3-8)12-13-11/h2-5,7,14H,6H2,1H3. The van der Waals surface area contributed by atoms with E-state index >= 15 is 0 Å². The summed E-state index contributed by atoms with van der Waals surface area (Å²) in [5.41, 5.74) is 8.95. The summed E-state index contributed by atoms with van der Waals surface area (Å²) in [4.78, 5) is 14.0. The third-order valence-corrected chi connectivity index (χ3v) is 1.72. The predicted molar refractivity (Wildman–Crippen MR) is 57.2 cm³/mol. The summed E-state index contributed by atoms with van der Waals surface area (Å²) in [7, 11) is 0. The molecule has 0 spiro atoms. The first-order valence-electron chi connectivity index (χ1n) is 4.64. The fraction of sp³-hybridized carbons (Fsp3) is 0.300. The van der Waals surface area contributed by atoms with Crippen LogP contribution in [-0.4, -0.2) is 23.8 Å². The molecule has 1 N–H and O–H groups in total. The number of azide groups is 1. The van der Waals surface area contributed by atoms with E-state index in [0.717, 1.165) is 0 Å². The van der Waals surface area contributed by atoms with E-state index in [4.69, 9.17) is 15.4 Å². The lowest BCUT2D eigenvalue weighted by atomic mass is 10.2. The van der Waals surface area contributed by atoms with E-state index in [2.05, 4.69) is 10.0 Å². The van der Waals surface area contributed by atoms with Crippen LogP contribution in [-0.2, 0) is 4.74 Å². The van der Waals surface area contributed by atoms with Crippen LogP contribution in [0.15, 0.2) is 29.4 Å². The van der Waals surface area contributed by atoms with E-state index in [-0.39, 0.29) is 6.61 Å². The molecule has 6 nitrogen and oxygen atoms in total. The highest BCUT2D eigenvalue weighted by Gasteiger charge is 2.07. The summed E-state index contributed by atoms with van der Waals surface area (Å²) in [5.74, 6) is -0.520. The highest BCUT2D eigenvalue weighted by molar-refractivity contribution is 5.89. The Labute approximate surface area is 92.1 Å². The van der Waals surface area contributed by atoms with Gasteiger partial charge in [0.25, 0.3) is 0 Å². The monoisotopic (exact) mass is 221 g/mol. The van der Waals surface area contributed by atoms with Gasteiger partial charge in [0.2, 0.25) is 0 Å². The average molecular weight is 221 g/mol. The van der Waals surface area contributed by atoms with E-state index in [9.17, 15) is 4.79 Å². The molecule has 0 radical (unpaired) electrons. The van der Waals surface area contributed by atoms with Crippen LogP contribution < -0.4 is 0 Å². The predicted octanol–water partition coefficient (Wildman–Crippen LogP) is 2.17. The molecule has 1 atom stereocenters. The molecule has 84 valence electrons. The van der Waals surface area contributed by atoms with Gasteiger partial charge in [0, 0.05) is 10.6 Å². The van der Waals surface area contributed by atoms with Crippen molar-refractivity contribution < 1.29 is 14.6 Å². The van der Waals surface area contributed by atoms with Gasteiger partial charge in [-0.15, -0.1) is 0 Å². The number of carbonyl (C=O) groups is 1. The van der Waals surface area contributed by atoms with E-state index in [1.807, 2.05) is 0 Å². The van der Waals surface area contributed by atoms with Crippen molar-refractivity contribution in [2.24, 2.45) is 5.11 Å². The maximum absolute atomic E-state index is 11.4. The quantitative estimate of drug-likeness (QED) is 0.365. The van der Waals surface area contributed by atoms with Crippen molar-refractivity contribution in [1.29, 1.82) is 0 Å². The Morgan fingerprint density at radius 1 is 1.56 bits per heavy atom. The molecule has 16 heavy (non-hydrogen) atoms. The molecular formula is C10H11N3O3. The van der Waals surface area contributed by atoms with Gasteiger partial charge in [-0.05, 0) is 24.6 Å². The van der Waals surface area contributed by atoms with Crippen LogP contribution in [0, 0.1) is 0 Å². The largest absolute Gasteiger partial charge is 0.459 e. The van der Waals surface area contributed by atoms with Crippen LogP contribution in [0.5, 0.6) is 0 Å². The number of benzene rings is 1. The number of nitrogens with zero attached hydrogens (tertiary/aromatic N) is 3. The Hall–Kier alpha value is -2.04. The highest BCUT2D eigenvalue weighted by atomic mass is 16.5. The lowest BCUT2D eigenvalue weighted by Crippen LogP contribution is -2.15. The lowest BCUT2D eigenvalue weighted by Gasteiger charge is -2.06. The summed E-state index contributed by atoms with van der Waals surface area (Å²) in [6.45, 7) is 1.48. The number of carbonyl (C=O) groups excluding carboxylic acids is 1. The Balaban J connectivity index is 2.66. The summed E-state index contributed by atoms with van der Waals surface area (Å²) >= 11 is 0. The molecule has 1 aromatic rings. The highest BCUT2D eigenvalue weighted by Crippen LogP contribution is 2.13. The molecule has 0 saturated heterocycles. The minimum absolute atomic E-state index is 0.0447. The van der Waals surface area contributed by atoms with Crippen molar-refractivity contribution in [3.05, 3.63) is 40.3 Å². The van der Waals surface area contributed by atoms with Gasteiger partial charge in [0.05, 0.1) is 11.7 Å². The van der Waals surface area contributed by atoms with E-state index in [0.29, 0.717) is 11.3 Å². The third-order valence-electron chi connectivity index (χ3n) is 1.72. The number of rotatable bonds is 4. The Bertz CT molecular complexity index is 408. The Morgan fingerprint density at radius 2 is 2.19 bits per heavy atom. The fourth-order valence-corrected chi connectivity index (χ4v) is 0.995. The average Bonchev–Trinajstić information content (AvgIpc) is 2.27. The molecule has 1 aromatic carbocycles. The minimum Gasteiger partial charge on any atom is -0.459 e. The third kappa shape index (κ3) is 3.61. The molecule has 0 bridgehead atoms. The number of hydrogen-bond acceptors (Lipinski definition) is 4. The maximum Gasteiger partial charge on any atom is 0.338 e. The van der Waals surface area contributed by atoms with Crippen molar-refractivity contribution in [1.82, 2.24) is 0 Å². The van der Waals surface area contributed by atoms with E-state index in [1.54, 1.807) is 0 Å². The second-order valence-electron chi connectivity index (χ2n) is 3.18. The van der Waals surface area contributed by atoms with Crippen molar-refractivity contribution in [2.45, 2.75) is 13.0 Å². The molecule has 0 aliphatic rings. The van der Waals surface area contributed by atoms with Crippen LogP contribution in [0.3, 0.4) is 0 Å². The number of esters is 1. The van der Waals surface area contributed by atoms with Crippen LogP contribution in [0.1, 0.15) is 17.3 Å². The number of hydrogen-bond donors (Lipinski definition) is 1. The summed E-state index contributed by atoms with van der Waals surface area (Å²) in [5, 5.41) is 12.3. The number of aliphatic hydroxyl groups is 1. The van der Waals surface area contributed by atoms with Gasteiger partial charge in [-0.2, -0.15) is 0 Å². The summed E-state index contributed by atoms with van der Waals surface area (Å²) < 4.78 is 4.80. The van der Waals surface area contributed by atoms with Crippen molar-refractivity contribution >= 4 is 11.7 Å². The van der Waals surface area contributed by atoms with Gasteiger partial charge in [0.1, 0.15) is 6.61 Å². The number of ether oxygens (including phenoxy) is 1. The smallest absolute Gasteiger partial charge is 0.338 e. The van der Waals surface area contributed by atoms with Crippen LogP contribution in [0.2, 0.25) is 0 Å². The SMILES string of the molecule is CC(O)COC(=O)c1ccc(N=[N+]=[N-])cc1. The Morgan fingerprint density at radius 3 is 2.69 bits per heavy atom. The minimum atomic E-state index is -0.689. The molecule has 0 heterocycles. The molecule has 1 unspecified atom stereocenters. The van der Waals surface area contributed by atoms with E-state index in [1.165, 1.54) is 31.2 Å². The van der Waals surface area contributed by atoms with Crippen LogP contribution >= 0.6 is 0 Å². The van der Waals surface area contributed by atoms with Gasteiger partial charge in [-0.25, -0.2) is 4.79 Å². The fourth-order valence-electron chi connectivity index (χ4n) is 0.995. The van der Waals surface area contributed by atoms with Gasteiger partial charge >= 0.3 is 5.97 Å². The molecule has 0 saturated carbocycles. The first kappa shape index (κ1) is 12.0. The molecule has 1 rings (SSSR count). The van der Waals surface area contributed by atoms with Crippen LogP contribution in [0.4, 0.5) is 5.69 Å². The zero-order valence-corrected chi connectivity index (χ0v) is 8.70. The van der Waals surface area contributed by atoms with Gasteiger partial charge in [-0.3, -0.25) is 0 Å². The zero-order chi connectivity index (χ0) is 12.0. The van der Waals surface area contributed by atoms with Gasteiger partial charge in [0.15, 0.2) is 0 Å². The lowest BCUT2D eigenvalue weighted by molar-refractivity contribution is 0.0296. The topological polar surface area (TPSA) is 95.3 Å². The summed E-state index contributed by atoms with van der Waals surface area (Å²) in [6.07, 6.45) is -0.689. The van der Waals surface area contributed by atoms with Gasteiger partial charge < -0.3 is 9.84 Å². The zero-order valence-electron chi connectivity index (χ0n) is 8.70. The van der Waals surface area contributed by atoms with Crippen LogP contribution in [0.25, 0.3) is 10.4 Å². The molecule has 0 amide bonds. The molecular weight excluding hydrogens is 210 g/mol. The molecule has 0 fully saturated rings. The maximum atomic E-state index is 11.4. The Kier molecular flexibility index (Phi) is 4.32. The first-order valence-corrected chi connectivity index (χ1v) is 4.64. The normalized spacial score (nSPS) is 11.4. The number of aliphatic hydroxyl groups excluding tert-OH is 1. The molecule has 0 aromatic heterocycles. The van der Waals surface area contributed by atoms with Crippen molar-refractivity contribution in [2.75, 3.05) is 6.61 Å². The van der Waals surface area contributed by atoms with Crippen molar-refractivity contribution in [3.8, 4) is 0 Å². The molecule has 6 heteroatoms. The second-order valence-corrected chi connectivity index (χ2v) is 3.18. The van der Waals surface area contributed by atoms with E-state index < -0.39 is 12.1 Å². The summed E-state index contributed by atoms with van der Waals surface area (Å²) in [6, 6.07) is 6.01. The molecule has 0 aliphatic carbocycles. The van der Waals surface area contributed by atoms with Crippen molar-refractivity contribution in [3.63, 3.8) is 0 Å². The molecule has 0 aliphatic heterocycles. The second kappa shape index (κ2) is 5.75. The first-order chi connectivity index (χ1) is 7.63.